The van der Waals surface area contributed by atoms with Gasteiger partial charge in [0.2, 0.25) is 0 Å². The Balaban J connectivity index is 2.01. The molecular formula is C16H18BrNO2. The van der Waals surface area contributed by atoms with Crippen LogP contribution in [0.25, 0.3) is 0 Å². The van der Waals surface area contributed by atoms with Crippen LogP contribution in [0.5, 0.6) is 5.75 Å². The first-order valence-electron chi connectivity index (χ1n) is 6.45. The molecule has 106 valence electrons. The largest absolute Gasteiger partial charge is 0.496 e. The normalized spacial score (nSPS) is 10.6. The van der Waals surface area contributed by atoms with E-state index in [0.29, 0.717) is 13.1 Å². The molecule has 0 bridgehead atoms. The van der Waals surface area contributed by atoms with Gasteiger partial charge in [0.1, 0.15) is 5.75 Å². The summed E-state index contributed by atoms with van der Waals surface area (Å²) < 4.78 is 6.38. The fraction of sp³-hybridized carbons (Fsp3) is 0.250. The lowest BCUT2D eigenvalue weighted by Gasteiger charge is -2.12. The number of halogens is 1. The zero-order valence-electron chi connectivity index (χ0n) is 11.4. The third-order valence-electron chi connectivity index (χ3n) is 3.16. The summed E-state index contributed by atoms with van der Waals surface area (Å²) in [7, 11) is 1.67. The predicted octanol–water partition coefficient (Wildman–Crippen LogP) is 3.24. The van der Waals surface area contributed by atoms with Crippen molar-refractivity contribution in [1.29, 1.82) is 0 Å². The van der Waals surface area contributed by atoms with Gasteiger partial charge in [0.05, 0.1) is 13.7 Å². The van der Waals surface area contributed by atoms with E-state index in [9.17, 15) is 5.11 Å². The van der Waals surface area contributed by atoms with Crippen LogP contribution in [0.3, 0.4) is 0 Å². The van der Waals surface area contributed by atoms with E-state index in [4.69, 9.17) is 4.74 Å². The number of ether oxygens (including phenoxy) is 1. The minimum atomic E-state index is 0.0675. The van der Waals surface area contributed by atoms with Gasteiger partial charge in [-0.1, -0.05) is 40.2 Å². The fourth-order valence-corrected chi connectivity index (χ4v) is 2.51. The average molecular weight is 336 g/mol. The average Bonchev–Trinajstić information content (AvgIpc) is 2.48. The van der Waals surface area contributed by atoms with Gasteiger partial charge < -0.3 is 15.2 Å². The summed E-state index contributed by atoms with van der Waals surface area (Å²) in [6.45, 7) is 1.49. The maximum atomic E-state index is 9.30. The highest BCUT2D eigenvalue weighted by Gasteiger charge is 2.04. The quantitative estimate of drug-likeness (QED) is 0.851. The summed E-state index contributed by atoms with van der Waals surface area (Å²) >= 11 is 3.47. The lowest BCUT2D eigenvalue weighted by Crippen LogP contribution is -2.14. The predicted molar refractivity (Wildman–Crippen MR) is 83.6 cm³/mol. The summed E-state index contributed by atoms with van der Waals surface area (Å²) in [5.74, 6) is 0.871. The van der Waals surface area contributed by atoms with Crippen molar-refractivity contribution in [2.45, 2.75) is 19.7 Å². The first-order valence-corrected chi connectivity index (χ1v) is 7.24. The maximum absolute atomic E-state index is 9.30. The van der Waals surface area contributed by atoms with Crippen molar-refractivity contribution in [3.8, 4) is 5.75 Å². The van der Waals surface area contributed by atoms with Crippen LogP contribution in [0.2, 0.25) is 0 Å². The van der Waals surface area contributed by atoms with Crippen LogP contribution in [0, 0.1) is 0 Å². The monoisotopic (exact) mass is 335 g/mol. The Labute approximate surface area is 127 Å². The van der Waals surface area contributed by atoms with Crippen molar-refractivity contribution >= 4 is 15.9 Å². The smallest absolute Gasteiger partial charge is 0.123 e. The lowest BCUT2D eigenvalue weighted by molar-refractivity contribution is 0.280. The first kappa shape index (κ1) is 15.0. The summed E-state index contributed by atoms with van der Waals surface area (Å²) in [6.07, 6.45) is 0. The molecule has 0 aromatic heterocycles. The molecule has 2 aromatic rings. The van der Waals surface area contributed by atoms with Crippen molar-refractivity contribution in [2.75, 3.05) is 7.11 Å². The topological polar surface area (TPSA) is 41.5 Å². The van der Waals surface area contributed by atoms with Crippen molar-refractivity contribution in [3.63, 3.8) is 0 Å². The Hall–Kier alpha value is -1.36. The molecule has 0 saturated carbocycles. The van der Waals surface area contributed by atoms with Gasteiger partial charge in [0.15, 0.2) is 0 Å². The minimum Gasteiger partial charge on any atom is -0.496 e. The molecule has 20 heavy (non-hydrogen) atoms. The molecule has 0 radical (unpaired) electrons. The Morgan fingerprint density at radius 2 is 1.75 bits per heavy atom. The van der Waals surface area contributed by atoms with Crippen LogP contribution in [0.15, 0.2) is 46.9 Å². The number of benzene rings is 2. The molecule has 0 aliphatic rings. The molecule has 0 aliphatic heterocycles. The lowest BCUT2D eigenvalue weighted by atomic mass is 10.1. The second kappa shape index (κ2) is 7.43. The van der Waals surface area contributed by atoms with E-state index in [1.54, 1.807) is 7.11 Å². The third-order valence-corrected chi connectivity index (χ3v) is 3.66. The molecule has 0 heterocycles. The minimum absolute atomic E-state index is 0.0675. The van der Waals surface area contributed by atoms with E-state index in [-0.39, 0.29) is 6.61 Å². The number of nitrogens with one attached hydrogen (secondary N) is 1. The van der Waals surface area contributed by atoms with Crippen LogP contribution >= 0.6 is 15.9 Å². The van der Waals surface area contributed by atoms with Crippen molar-refractivity contribution in [2.24, 2.45) is 0 Å². The molecule has 2 N–H and O–H groups in total. The number of methoxy groups -OCH3 is 1. The molecule has 4 heteroatoms. The van der Waals surface area contributed by atoms with E-state index < -0.39 is 0 Å². The van der Waals surface area contributed by atoms with Gasteiger partial charge >= 0.3 is 0 Å². The second-order valence-electron chi connectivity index (χ2n) is 4.49. The van der Waals surface area contributed by atoms with Crippen LogP contribution in [-0.2, 0) is 19.7 Å². The molecule has 0 spiro atoms. The highest BCUT2D eigenvalue weighted by Crippen LogP contribution is 2.22. The van der Waals surface area contributed by atoms with Gasteiger partial charge in [0.25, 0.3) is 0 Å². The molecule has 0 unspecified atom stereocenters. The Bertz CT molecular complexity index is 572. The molecule has 0 aliphatic carbocycles. The maximum Gasteiger partial charge on any atom is 0.123 e. The number of aliphatic hydroxyl groups excluding tert-OH is 1. The molecule has 0 saturated heterocycles. The third kappa shape index (κ3) is 3.82. The molecule has 0 fully saturated rings. The fourth-order valence-electron chi connectivity index (χ4n) is 2.10. The first-order chi connectivity index (χ1) is 9.74. The molecule has 3 nitrogen and oxygen atoms in total. The van der Waals surface area contributed by atoms with E-state index in [1.165, 1.54) is 0 Å². The highest BCUT2D eigenvalue weighted by molar-refractivity contribution is 9.10. The Kier molecular flexibility index (Phi) is 5.59. The molecule has 0 amide bonds. The molecule has 2 aromatic carbocycles. The summed E-state index contributed by atoms with van der Waals surface area (Å²) in [4.78, 5) is 0. The molecule has 0 atom stereocenters. The highest BCUT2D eigenvalue weighted by atomic mass is 79.9. The standard InChI is InChI=1S/C16H18BrNO2/c1-20-16-7-6-15(17)8-14(16)10-18-9-12-4-2-3-5-13(12)11-19/h2-8,18-19H,9-11H2,1H3. The summed E-state index contributed by atoms with van der Waals surface area (Å²) in [5.41, 5.74) is 3.17. The van der Waals surface area contributed by atoms with E-state index >= 15 is 0 Å². The van der Waals surface area contributed by atoms with Crippen LogP contribution in [0.1, 0.15) is 16.7 Å². The van der Waals surface area contributed by atoms with Crippen LogP contribution in [-0.4, -0.2) is 12.2 Å². The SMILES string of the molecule is COc1ccc(Br)cc1CNCc1ccccc1CO. The number of hydrogen-bond donors (Lipinski definition) is 2. The van der Waals surface area contributed by atoms with Gasteiger partial charge in [-0.25, -0.2) is 0 Å². The van der Waals surface area contributed by atoms with Crippen molar-refractivity contribution < 1.29 is 9.84 Å². The summed E-state index contributed by atoms with van der Waals surface area (Å²) in [6, 6.07) is 13.8. The van der Waals surface area contributed by atoms with Gasteiger partial charge in [-0.3, -0.25) is 0 Å². The molecule has 2 rings (SSSR count). The van der Waals surface area contributed by atoms with Crippen LogP contribution < -0.4 is 10.1 Å². The van der Waals surface area contributed by atoms with Crippen molar-refractivity contribution in [1.82, 2.24) is 5.32 Å². The molecular weight excluding hydrogens is 318 g/mol. The number of hydrogen-bond acceptors (Lipinski definition) is 3. The van der Waals surface area contributed by atoms with Crippen molar-refractivity contribution in [3.05, 3.63) is 63.6 Å². The Morgan fingerprint density at radius 3 is 2.45 bits per heavy atom. The van der Waals surface area contributed by atoms with Gasteiger partial charge in [-0.2, -0.15) is 0 Å². The second-order valence-corrected chi connectivity index (χ2v) is 5.40. The van der Waals surface area contributed by atoms with Crippen LogP contribution in [0.4, 0.5) is 0 Å². The van der Waals surface area contributed by atoms with E-state index in [0.717, 1.165) is 26.9 Å². The number of aliphatic hydroxyl groups is 1. The Morgan fingerprint density at radius 1 is 1.05 bits per heavy atom. The van der Waals surface area contributed by atoms with Gasteiger partial charge in [-0.15, -0.1) is 0 Å². The van der Waals surface area contributed by atoms with Gasteiger partial charge in [-0.05, 0) is 29.3 Å². The van der Waals surface area contributed by atoms with E-state index in [1.807, 2.05) is 42.5 Å². The summed E-state index contributed by atoms with van der Waals surface area (Å²) in [5, 5.41) is 12.7. The zero-order chi connectivity index (χ0) is 14.4. The zero-order valence-corrected chi connectivity index (χ0v) is 13.0. The number of rotatable bonds is 6. The van der Waals surface area contributed by atoms with E-state index in [2.05, 4.69) is 21.2 Å². The van der Waals surface area contributed by atoms with Gasteiger partial charge in [0, 0.05) is 23.1 Å².